The Morgan fingerprint density at radius 3 is 2.90 bits per heavy atom. The lowest BCUT2D eigenvalue weighted by atomic mass is 10.1. The molecule has 0 amide bonds. The number of hydrogen-bond acceptors (Lipinski definition) is 3. The van der Waals surface area contributed by atoms with Gasteiger partial charge in [-0.2, -0.15) is 11.8 Å². The molecule has 0 atom stereocenters. The molecule has 1 N–H and O–H groups in total. The van der Waals surface area contributed by atoms with Gasteiger partial charge in [-0.15, -0.1) is 0 Å². The first-order valence-electron chi connectivity index (χ1n) is 6.91. The average Bonchev–Trinajstić information content (AvgIpc) is 2.34. The monoisotopic (exact) mass is 309 g/mol. The predicted octanol–water partition coefficient (Wildman–Crippen LogP) is 3.25. The van der Waals surface area contributed by atoms with Crippen molar-refractivity contribution in [2.45, 2.75) is 25.1 Å². The largest absolute Gasteiger partial charge is 0.478 e. The van der Waals surface area contributed by atoms with Crippen LogP contribution in [0.4, 0.5) is 4.39 Å². The van der Waals surface area contributed by atoms with Crippen LogP contribution in [0.1, 0.15) is 25.0 Å². The van der Waals surface area contributed by atoms with Crippen molar-refractivity contribution >= 4 is 23.8 Å². The second kappa shape index (κ2) is 6.62. The number of benzene rings is 1. The second-order valence-electron chi connectivity index (χ2n) is 5.88. The molecule has 0 saturated carbocycles. The van der Waals surface area contributed by atoms with Crippen molar-refractivity contribution in [3.05, 3.63) is 41.2 Å². The molecule has 0 spiro atoms. The molecule has 0 radical (unpaired) electrons. The van der Waals surface area contributed by atoms with Crippen molar-refractivity contribution in [3.63, 3.8) is 0 Å². The Kier molecular flexibility index (Phi) is 5.06. The van der Waals surface area contributed by atoms with Crippen molar-refractivity contribution in [2.24, 2.45) is 0 Å². The van der Waals surface area contributed by atoms with E-state index in [0.29, 0.717) is 12.1 Å². The molecule has 3 nitrogen and oxygen atoms in total. The molecule has 0 aromatic heterocycles. The van der Waals surface area contributed by atoms with Crippen LogP contribution >= 0.6 is 11.8 Å². The van der Waals surface area contributed by atoms with Gasteiger partial charge in [-0.25, -0.2) is 9.18 Å². The maximum atomic E-state index is 13.7. The number of rotatable bonds is 4. The molecule has 0 bridgehead atoms. The molecule has 1 aromatic carbocycles. The molecule has 21 heavy (non-hydrogen) atoms. The van der Waals surface area contributed by atoms with Gasteiger partial charge in [0.2, 0.25) is 0 Å². The van der Waals surface area contributed by atoms with Crippen molar-refractivity contribution in [3.8, 4) is 0 Å². The maximum absolute atomic E-state index is 13.7. The second-order valence-corrected chi connectivity index (χ2v) is 7.69. The number of nitrogens with zero attached hydrogens (tertiary/aromatic N) is 1. The molecule has 2 rings (SSSR count). The fraction of sp³-hybridized carbons (Fsp3) is 0.438. The van der Waals surface area contributed by atoms with Crippen LogP contribution in [0.2, 0.25) is 0 Å². The third kappa shape index (κ3) is 5.17. The van der Waals surface area contributed by atoms with E-state index in [9.17, 15) is 9.18 Å². The summed E-state index contributed by atoms with van der Waals surface area (Å²) in [6, 6.07) is 4.71. The van der Waals surface area contributed by atoms with E-state index >= 15 is 0 Å². The van der Waals surface area contributed by atoms with E-state index in [1.807, 2.05) is 17.8 Å². The SMILES string of the molecule is CC1(C)CN(Cc2cc(F)cc(/C=C/C(=O)O)c2)CCS1. The minimum atomic E-state index is -1.03. The molecule has 1 aliphatic rings. The van der Waals surface area contributed by atoms with Crippen molar-refractivity contribution in [1.82, 2.24) is 4.90 Å². The summed E-state index contributed by atoms with van der Waals surface area (Å²) >= 11 is 1.96. The number of halogens is 1. The molecule has 0 aliphatic carbocycles. The number of carboxylic acid groups (broad SMARTS) is 1. The van der Waals surface area contributed by atoms with Gasteiger partial charge in [-0.1, -0.05) is 6.07 Å². The molecule has 1 aliphatic heterocycles. The van der Waals surface area contributed by atoms with Crippen LogP contribution in [-0.2, 0) is 11.3 Å². The normalized spacial score (nSPS) is 19.0. The van der Waals surface area contributed by atoms with E-state index in [0.717, 1.165) is 30.5 Å². The van der Waals surface area contributed by atoms with E-state index in [1.165, 1.54) is 18.2 Å². The summed E-state index contributed by atoms with van der Waals surface area (Å²) in [5.74, 6) is -0.285. The lowest BCUT2D eigenvalue weighted by Gasteiger charge is -2.37. The summed E-state index contributed by atoms with van der Waals surface area (Å²) in [4.78, 5) is 12.9. The van der Waals surface area contributed by atoms with E-state index < -0.39 is 5.97 Å². The van der Waals surface area contributed by atoms with Crippen LogP contribution in [0.25, 0.3) is 6.08 Å². The molecule has 1 heterocycles. The van der Waals surface area contributed by atoms with Gasteiger partial charge in [-0.3, -0.25) is 4.90 Å². The highest BCUT2D eigenvalue weighted by atomic mass is 32.2. The summed E-state index contributed by atoms with van der Waals surface area (Å²) in [5.41, 5.74) is 1.46. The summed E-state index contributed by atoms with van der Waals surface area (Å²) in [7, 11) is 0. The third-order valence-electron chi connectivity index (χ3n) is 3.31. The van der Waals surface area contributed by atoms with Crippen LogP contribution < -0.4 is 0 Å². The predicted molar refractivity (Wildman–Crippen MR) is 84.9 cm³/mol. The van der Waals surface area contributed by atoms with Gasteiger partial charge in [-0.05, 0) is 43.2 Å². The van der Waals surface area contributed by atoms with Gasteiger partial charge < -0.3 is 5.11 Å². The third-order valence-corrected chi connectivity index (χ3v) is 4.61. The summed E-state index contributed by atoms with van der Waals surface area (Å²) < 4.78 is 13.9. The van der Waals surface area contributed by atoms with Gasteiger partial charge in [0.15, 0.2) is 0 Å². The summed E-state index contributed by atoms with van der Waals surface area (Å²) in [6.07, 6.45) is 2.45. The van der Waals surface area contributed by atoms with Crippen LogP contribution in [-0.4, -0.2) is 39.6 Å². The Bertz CT molecular complexity index is 557. The molecule has 1 fully saturated rings. The molecule has 5 heteroatoms. The first kappa shape index (κ1) is 16.0. The summed E-state index contributed by atoms with van der Waals surface area (Å²) in [6.45, 7) is 7.09. The Hall–Kier alpha value is -1.33. The number of carbonyl (C=O) groups is 1. The highest BCUT2D eigenvalue weighted by Gasteiger charge is 2.26. The van der Waals surface area contributed by atoms with Crippen molar-refractivity contribution < 1.29 is 14.3 Å². The minimum absolute atomic E-state index is 0.220. The van der Waals surface area contributed by atoms with Crippen molar-refractivity contribution in [2.75, 3.05) is 18.8 Å². The van der Waals surface area contributed by atoms with E-state index in [4.69, 9.17) is 5.11 Å². The smallest absolute Gasteiger partial charge is 0.328 e. The Morgan fingerprint density at radius 1 is 1.48 bits per heavy atom. The molecule has 0 unspecified atom stereocenters. The zero-order chi connectivity index (χ0) is 15.5. The van der Waals surface area contributed by atoms with Crippen LogP contribution in [0.5, 0.6) is 0 Å². The molecule has 1 saturated heterocycles. The summed E-state index contributed by atoms with van der Waals surface area (Å²) in [5, 5.41) is 8.64. The lowest BCUT2D eigenvalue weighted by molar-refractivity contribution is -0.131. The number of hydrogen-bond donors (Lipinski definition) is 1. The fourth-order valence-electron chi connectivity index (χ4n) is 2.54. The van der Waals surface area contributed by atoms with Gasteiger partial charge >= 0.3 is 5.97 Å². The number of carboxylic acids is 1. The number of aliphatic carboxylic acids is 1. The van der Waals surface area contributed by atoms with Crippen LogP contribution in [0.15, 0.2) is 24.3 Å². The Balaban J connectivity index is 2.11. The highest BCUT2D eigenvalue weighted by molar-refractivity contribution is 8.00. The van der Waals surface area contributed by atoms with Crippen molar-refractivity contribution in [1.29, 1.82) is 0 Å². The van der Waals surface area contributed by atoms with E-state index in [2.05, 4.69) is 18.7 Å². The topological polar surface area (TPSA) is 40.5 Å². The van der Waals surface area contributed by atoms with Crippen LogP contribution in [0.3, 0.4) is 0 Å². The van der Waals surface area contributed by atoms with Gasteiger partial charge in [0.05, 0.1) is 0 Å². The molecular weight excluding hydrogens is 289 g/mol. The maximum Gasteiger partial charge on any atom is 0.328 e. The first-order valence-corrected chi connectivity index (χ1v) is 7.89. The Labute approximate surface area is 128 Å². The van der Waals surface area contributed by atoms with E-state index in [-0.39, 0.29) is 10.6 Å². The molecule has 1 aromatic rings. The zero-order valence-electron chi connectivity index (χ0n) is 12.3. The molecule has 114 valence electrons. The van der Waals surface area contributed by atoms with E-state index in [1.54, 1.807) is 0 Å². The standard InChI is InChI=1S/C16H20FNO2S/c1-16(2)11-18(5-6-21-16)10-13-7-12(3-4-15(19)20)8-14(17)9-13/h3-4,7-9H,5-6,10-11H2,1-2H3,(H,19,20)/b4-3+. The zero-order valence-corrected chi connectivity index (χ0v) is 13.1. The minimum Gasteiger partial charge on any atom is -0.478 e. The quantitative estimate of drug-likeness (QED) is 0.867. The Morgan fingerprint density at radius 2 is 2.24 bits per heavy atom. The van der Waals surface area contributed by atoms with Gasteiger partial charge in [0.1, 0.15) is 5.82 Å². The fourth-order valence-corrected chi connectivity index (χ4v) is 3.71. The first-order chi connectivity index (χ1) is 9.84. The average molecular weight is 309 g/mol. The highest BCUT2D eigenvalue weighted by Crippen LogP contribution is 2.30. The van der Waals surface area contributed by atoms with Crippen LogP contribution in [0, 0.1) is 5.82 Å². The lowest BCUT2D eigenvalue weighted by Crippen LogP contribution is -2.42. The number of thioether (sulfide) groups is 1. The molecular formula is C16H20FNO2S. The van der Waals surface area contributed by atoms with Gasteiger partial charge in [0.25, 0.3) is 0 Å². The van der Waals surface area contributed by atoms with Gasteiger partial charge in [0, 0.05) is 36.2 Å².